The number of hydrogen-bond donors (Lipinski definition) is 0. The molecule has 0 amide bonds. The second-order valence-corrected chi connectivity index (χ2v) is 5.01. The Morgan fingerprint density at radius 1 is 0.667 bits per heavy atom. The van der Waals surface area contributed by atoms with Gasteiger partial charge in [0.05, 0.1) is 0 Å². The Hall–Kier alpha value is 0.799. The quantitative estimate of drug-likeness (QED) is 0.438. The molecule has 12 heavy (non-hydrogen) atoms. The van der Waals surface area contributed by atoms with Crippen LogP contribution >= 0.6 is 0 Å². The van der Waals surface area contributed by atoms with Crippen molar-refractivity contribution in [1.82, 2.24) is 0 Å². The molecule has 0 N–H and O–H groups in total. The number of hydrogen-bond acceptors (Lipinski definition) is 0. The molecule has 0 aromatic heterocycles. The van der Waals surface area contributed by atoms with Crippen molar-refractivity contribution in [3.8, 4) is 0 Å². The van der Waals surface area contributed by atoms with E-state index in [4.69, 9.17) is 0 Å². The van der Waals surface area contributed by atoms with Gasteiger partial charge >= 0.3 is 91.7 Å². The molecule has 0 aliphatic carbocycles. The van der Waals surface area contributed by atoms with Crippen molar-refractivity contribution in [3.05, 3.63) is 0 Å². The Bertz CT molecular complexity index is 61.4. The summed E-state index contributed by atoms with van der Waals surface area (Å²) in [5, 5.41) is 0. The summed E-state index contributed by atoms with van der Waals surface area (Å²) in [5.41, 5.74) is 0. The summed E-state index contributed by atoms with van der Waals surface area (Å²) < 4.78 is 1.46. The van der Waals surface area contributed by atoms with Crippen molar-refractivity contribution in [2.45, 2.75) is 69.1 Å². The molecule has 0 unspecified atom stereocenters. The third kappa shape index (κ3) is 10.8. The Balaban J connectivity index is 2.73. The van der Waals surface area contributed by atoms with Crippen molar-refractivity contribution >= 4 is 22.5 Å². The molecule has 0 aromatic rings. The summed E-state index contributed by atoms with van der Waals surface area (Å²) in [7, 11) is 0. The molecule has 0 heterocycles. The van der Waals surface area contributed by atoms with Crippen LogP contribution in [0.15, 0.2) is 0 Å². The first-order valence-corrected chi connectivity index (χ1v) is 7.58. The van der Waals surface area contributed by atoms with Crippen LogP contribution in [0.3, 0.4) is 0 Å². The van der Waals surface area contributed by atoms with Crippen LogP contribution in [0.2, 0.25) is 4.44 Å². The van der Waals surface area contributed by atoms with Gasteiger partial charge in [-0.1, -0.05) is 0 Å². The van der Waals surface area contributed by atoms with Crippen LogP contribution in [0.1, 0.15) is 64.7 Å². The van der Waals surface area contributed by atoms with Gasteiger partial charge in [0.25, 0.3) is 0 Å². The van der Waals surface area contributed by atoms with Crippen molar-refractivity contribution < 1.29 is 0 Å². The van der Waals surface area contributed by atoms with E-state index < -0.39 is 0 Å². The number of rotatable bonds is 9. The molecule has 0 nitrogen and oxygen atoms in total. The first-order chi connectivity index (χ1) is 5.91. The summed E-state index contributed by atoms with van der Waals surface area (Å²) >= 11 is 1.72. The maximum absolute atomic E-state index is 2.28. The van der Waals surface area contributed by atoms with Gasteiger partial charge in [-0.3, -0.25) is 0 Å². The van der Waals surface area contributed by atoms with Gasteiger partial charge in [-0.15, -0.1) is 0 Å². The normalized spacial score (nSPS) is 10.5. The minimum atomic E-state index is 1.37. The average molecular weight is 274 g/mol. The van der Waals surface area contributed by atoms with E-state index in [1.807, 2.05) is 0 Å². The van der Waals surface area contributed by atoms with Crippen LogP contribution < -0.4 is 0 Å². The van der Waals surface area contributed by atoms with Crippen LogP contribution in [0.4, 0.5) is 0 Å². The molecule has 0 bridgehead atoms. The molecular formula is C11H23Sn. The van der Waals surface area contributed by atoms with Crippen LogP contribution in [0.25, 0.3) is 0 Å². The van der Waals surface area contributed by atoms with E-state index in [0.717, 1.165) is 0 Å². The fraction of sp³-hybridized carbons (Fsp3) is 1.00. The van der Waals surface area contributed by atoms with E-state index >= 15 is 0 Å². The Labute approximate surface area is 91.6 Å². The van der Waals surface area contributed by atoms with E-state index in [-0.39, 0.29) is 0 Å². The van der Waals surface area contributed by atoms with Crippen molar-refractivity contribution in [2.75, 3.05) is 0 Å². The molecular weight excluding hydrogens is 251 g/mol. The fourth-order valence-electron chi connectivity index (χ4n) is 1.44. The summed E-state index contributed by atoms with van der Waals surface area (Å²) in [4.78, 5) is 0. The van der Waals surface area contributed by atoms with E-state index in [1.165, 1.54) is 62.2 Å². The molecule has 0 saturated carbocycles. The summed E-state index contributed by atoms with van der Waals surface area (Å²) in [6.07, 6.45) is 13.2. The molecule has 0 aliphatic rings. The topological polar surface area (TPSA) is 0 Å². The summed E-state index contributed by atoms with van der Waals surface area (Å²) in [5.74, 6) is 0. The first-order valence-electron chi connectivity index (χ1n) is 5.56. The average Bonchev–Trinajstić information content (AvgIpc) is 2.10. The molecule has 3 radical (unpaired) electrons. The summed E-state index contributed by atoms with van der Waals surface area (Å²) in [6.45, 7) is 2.28. The molecule has 0 rings (SSSR count). The van der Waals surface area contributed by atoms with Gasteiger partial charge in [0.15, 0.2) is 0 Å². The van der Waals surface area contributed by atoms with Gasteiger partial charge in [0, 0.05) is 0 Å². The molecule has 1 heteroatoms. The molecule has 0 saturated heterocycles. The zero-order valence-electron chi connectivity index (χ0n) is 8.57. The van der Waals surface area contributed by atoms with Crippen molar-refractivity contribution in [2.24, 2.45) is 0 Å². The fourth-order valence-corrected chi connectivity index (χ4v) is 2.15. The van der Waals surface area contributed by atoms with Gasteiger partial charge in [0.1, 0.15) is 0 Å². The van der Waals surface area contributed by atoms with Crippen molar-refractivity contribution in [3.63, 3.8) is 0 Å². The molecule has 0 fully saturated rings. The third-order valence-corrected chi connectivity index (χ3v) is 3.29. The van der Waals surface area contributed by atoms with E-state index in [0.29, 0.717) is 0 Å². The summed E-state index contributed by atoms with van der Waals surface area (Å²) in [6, 6.07) is 0. The third-order valence-electron chi connectivity index (χ3n) is 2.28. The Kier molecular flexibility index (Phi) is 12.6. The molecule has 0 spiro atoms. The molecule has 0 atom stereocenters. The van der Waals surface area contributed by atoms with Gasteiger partial charge in [0.2, 0.25) is 0 Å². The molecule has 71 valence electrons. The van der Waals surface area contributed by atoms with Crippen molar-refractivity contribution in [1.29, 1.82) is 0 Å². The SMILES string of the molecule is CCCCCCCCCC[CH2][Sn]. The van der Waals surface area contributed by atoms with Crippen LogP contribution in [0, 0.1) is 0 Å². The Morgan fingerprint density at radius 2 is 1.08 bits per heavy atom. The van der Waals surface area contributed by atoms with Gasteiger partial charge in [-0.05, 0) is 0 Å². The van der Waals surface area contributed by atoms with Crippen LogP contribution in [-0.2, 0) is 0 Å². The Morgan fingerprint density at radius 3 is 1.50 bits per heavy atom. The monoisotopic (exact) mass is 275 g/mol. The minimum absolute atomic E-state index is 1.37. The first kappa shape index (κ1) is 12.8. The second-order valence-electron chi connectivity index (χ2n) is 3.58. The molecule has 0 aromatic carbocycles. The zero-order chi connectivity index (χ0) is 9.07. The standard InChI is InChI=1S/C11H23.Sn/c1-3-5-7-9-11-10-8-6-4-2;/h1,3-11H2,2H3;. The van der Waals surface area contributed by atoms with Gasteiger partial charge < -0.3 is 0 Å². The van der Waals surface area contributed by atoms with E-state index in [2.05, 4.69) is 6.92 Å². The van der Waals surface area contributed by atoms with Gasteiger partial charge in [-0.25, -0.2) is 0 Å². The van der Waals surface area contributed by atoms with E-state index in [1.54, 1.807) is 22.5 Å². The maximum atomic E-state index is 2.28. The van der Waals surface area contributed by atoms with Gasteiger partial charge in [-0.2, -0.15) is 0 Å². The predicted octanol–water partition coefficient (Wildman–Crippen LogP) is 4.10. The predicted molar refractivity (Wildman–Crippen MR) is 57.8 cm³/mol. The zero-order valence-corrected chi connectivity index (χ0v) is 11.4. The second kappa shape index (κ2) is 11.8. The molecule has 0 aliphatic heterocycles. The van der Waals surface area contributed by atoms with E-state index in [9.17, 15) is 0 Å². The number of unbranched alkanes of at least 4 members (excludes halogenated alkanes) is 8. The van der Waals surface area contributed by atoms with Crippen LogP contribution in [0.5, 0.6) is 0 Å². The van der Waals surface area contributed by atoms with Crippen LogP contribution in [-0.4, -0.2) is 22.5 Å².